The van der Waals surface area contributed by atoms with Crippen LogP contribution in [0.2, 0.25) is 0 Å². The number of hydrogen-bond acceptors (Lipinski definition) is 4. The van der Waals surface area contributed by atoms with Crippen molar-refractivity contribution in [3.63, 3.8) is 0 Å². The SMILES string of the molecule is CC1(C(=O)Nc2ccc(C#N)cc2)Oc2ccccc2NC1=O. The number of anilines is 2. The summed E-state index contributed by atoms with van der Waals surface area (Å²) in [6.45, 7) is 1.41. The lowest BCUT2D eigenvalue weighted by Gasteiger charge is -2.33. The third-order valence-electron chi connectivity index (χ3n) is 3.59. The Morgan fingerprint density at radius 2 is 1.91 bits per heavy atom. The first-order valence-corrected chi connectivity index (χ1v) is 6.94. The van der Waals surface area contributed by atoms with E-state index in [1.807, 2.05) is 6.07 Å². The molecule has 6 heteroatoms. The number of amides is 2. The van der Waals surface area contributed by atoms with Gasteiger partial charge in [0.05, 0.1) is 17.3 Å². The Morgan fingerprint density at radius 3 is 2.61 bits per heavy atom. The number of para-hydroxylation sites is 2. The molecule has 1 unspecified atom stereocenters. The Balaban J connectivity index is 1.83. The quantitative estimate of drug-likeness (QED) is 0.833. The van der Waals surface area contributed by atoms with Crippen molar-refractivity contribution in [1.82, 2.24) is 0 Å². The van der Waals surface area contributed by atoms with E-state index in [9.17, 15) is 9.59 Å². The van der Waals surface area contributed by atoms with Gasteiger partial charge in [-0.3, -0.25) is 9.59 Å². The third kappa shape index (κ3) is 2.60. The first-order chi connectivity index (χ1) is 11.0. The molecule has 1 heterocycles. The summed E-state index contributed by atoms with van der Waals surface area (Å²) in [6, 6.07) is 15.2. The van der Waals surface area contributed by atoms with E-state index in [4.69, 9.17) is 10.00 Å². The summed E-state index contributed by atoms with van der Waals surface area (Å²) in [7, 11) is 0. The highest BCUT2D eigenvalue weighted by molar-refractivity contribution is 6.18. The summed E-state index contributed by atoms with van der Waals surface area (Å²) in [4.78, 5) is 24.8. The van der Waals surface area contributed by atoms with Crippen molar-refractivity contribution in [3.05, 3.63) is 54.1 Å². The zero-order valence-electron chi connectivity index (χ0n) is 12.3. The summed E-state index contributed by atoms with van der Waals surface area (Å²) >= 11 is 0. The molecule has 0 aliphatic carbocycles. The lowest BCUT2D eigenvalue weighted by Crippen LogP contribution is -2.56. The maximum Gasteiger partial charge on any atom is 0.278 e. The highest BCUT2D eigenvalue weighted by atomic mass is 16.5. The van der Waals surface area contributed by atoms with Crippen LogP contribution < -0.4 is 15.4 Å². The van der Waals surface area contributed by atoms with E-state index in [1.54, 1.807) is 48.5 Å². The first-order valence-electron chi connectivity index (χ1n) is 6.94. The van der Waals surface area contributed by atoms with Crippen molar-refractivity contribution in [1.29, 1.82) is 5.26 Å². The van der Waals surface area contributed by atoms with E-state index >= 15 is 0 Å². The highest BCUT2D eigenvalue weighted by Crippen LogP contribution is 2.33. The Kier molecular flexibility index (Phi) is 3.47. The highest BCUT2D eigenvalue weighted by Gasteiger charge is 2.47. The number of nitrogens with one attached hydrogen (secondary N) is 2. The van der Waals surface area contributed by atoms with E-state index in [2.05, 4.69) is 10.6 Å². The van der Waals surface area contributed by atoms with Gasteiger partial charge in [-0.1, -0.05) is 12.1 Å². The molecular formula is C17H13N3O3. The van der Waals surface area contributed by atoms with Crippen molar-refractivity contribution in [3.8, 4) is 11.8 Å². The van der Waals surface area contributed by atoms with Crippen molar-refractivity contribution >= 4 is 23.2 Å². The van der Waals surface area contributed by atoms with Gasteiger partial charge in [-0.15, -0.1) is 0 Å². The number of benzene rings is 2. The molecule has 6 nitrogen and oxygen atoms in total. The fourth-order valence-electron chi connectivity index (χ4n) is 2.19. The number of carbonyl (C=O) groups is 2. The van der Waals surface area contributed by atoms with Crippen LogP contribution in [0.4, 0.5) is 11.4 Å². The molecule has 1 aliphatic heterocycles. The summed E-state index contributed by atoms with van der Waals surface area (Å²) in [5, 5.41) is 14.1. The van der Waals surface area contributed by atoms with Crippen LogP contribution in [0.3, 0.4) is 0 Å². The molecule has 2 aromatic rings. The average Bonchev–Trinajstić information content (AvgIpc) is 2.56. The van der Waals surface area contributed by atoms with E-state index in [0.29, 0.717) is 22.7 Å². The molecule has 1 aliphatic rings. The lowest BCUT2D eigenvalue weighted by atomic mass is 10.0. The minimum Gasteiger partial charge on any atom is -0.466 e. The first kappa shape index (κ1) is 14.6. The van der Waals surface area contributed by atoms with Gasteiger partial charge in [0, 0.05) is 5.69 Å². The van der Waals surface area contributed by atoms with Crippen molar-refractivity contribution < 1.29 is 14.3 Å². The Labute approximate surface area is 132 Å². The van der Waals surface area contributed by atoms with Crippen LogP contribution in [-0.4, -0.2) is 17.4 Å². The van der Waals surface area contributed by atoms with Gasteiger partial charge in [-0.05, 0) is 43.3 Å². The van der Waals surface area contributed by atoms with Crippen LogP contribution in [0, 0.1) is 11.3 Å². The number of nitriles is 1. The number of hydrogen-bond donors (Lipinski definition) is 2. The fourth-order valence-corrected chi connectivity index (χ4v) is 2.19. The summed E-state index contributed by atoms with van der Waals surface area (Å²) in [5.41, 5.74) is -0.191. The molecule has 2 N–H and O–H groups in total. The number of carbonyl (C=O) groups excluding carboxylic acids is 2. The zero-order chi connectivity index (χ0) is 16.4. The molecule has 0 bridgehead atoms. The number of rotatable bonds is 2. The minimum atomic E-state index is -1.68. The van der Waals surface area contributed by atoms with E-state index in [-0.39, 0.29) is 0 Å². The van der Waals surface area contributed by atoms with E-state index in [1.165, 1.54) is 6.92 Å². The minimum absolute atomic E-state index is 0.435. The topological polar surface area (TPSA) is 91.2 Å². The summed E-state index contributed by atoms with van der Waals surface area (Å²) in [6.07, 6.45) is 0. The smallest absolute Gasteiger partial charge is 0.278 e. The molecule has 1 atom stereocenters. The lowest BCUT2D eigenvalue weighted by molar-refractivity contribution is -0.143. The van der Waals surface area contributed by atoms with Gasteiger partial charge < -0.3 is 15.4 Å². The van der Waals surface area contributed by atoms with Gasteiger partial charge in [0.15, 0.2) is 0 Å². The van der Waals surface area contributed by atoms with E-state index < -0.39 is 17.4 Å². The van der Waals surface area contributed by atoms with Crippen molar-refractivity contribution in [2.45, 2.75) is 12.5 Å². The second-order valence-electron chi connectivity index (χ2n) is 5.23. The Hall–Kier alpha value is -3.33. The Bertz CT molecular complexity index is 824. The molecule has 114 valence electrons. The van der Waals surface area contributed by atoms with Crippen LogP contribution in [0.15, 0.2) is 48.5 Å². The predicted octanol–water partition coefficient (Wildman–Crippen LogP) is 2.29. The van der Waals surface area contributed by atoms with Crippen LogP contribution >= 0.6 is 0 Å². The average molecular weight is 307 g/mol. The normalized spacial score (nSPS) is 18.9. The molecule has 0 saturated carbocycles. The summed E-state index contributed by atoms with van der Waals surface area (Å²) < 4.78 is 5.63. The number of nitrogens with zero attached hydrogens (tertiary/aromatic N) is 1. The van der Waals surface area contributed by atoms with Gasteiger partial charge in [-0.2, -0.15) is 5.26 Å². The Morgan fingerprint density at radius 1 is 1.22 bits per heavy atom. The number of fused-ring (bicyclic) bond motifs is 1. The van der Waals surface area contributed by atoms with Crippen LogP contribution in [0.5, 0.6) is 5.75 Å². The second kappa shape index (κ2) is 5.46. The molecule has 2 amide bonds. The molecule has 0 spiro atoms. The maximum absolute atomic E-state index is 12.5. The van der Waals surface area contributed by atoms with Crippen LogP contribution in [-0.2, 0) is 9.59 Å². The van der Waals surface area contributed by atoms with Gasteiger partial charge in [0.25, 0.3) is 17.4 Å². The second-order valence-corrected chi connectivity index (χ2v) is 5.23. The van der Waals surface area contributed by atoms with Crippen molar-refractivity contribution in [2.24, 2.45) is 0 Å². The van der Waals surface area contributed by atoms with Gasteiger partial charge in [-0.25, -0.2) is 0 Å². The molecule has 0 radical (unpaired) electrons. The fraction of sp³-hybridized carbons (Fsp3) is 0.118. The van der Waals surface area contributed by atoms with Gasteiger partial charge in [0.2, 0.25) is 0 Å². The molecular weight excluding hydrogens is 294 g/mol. The maximum atomic E-state index is 12.5. The largest absolute Gasteiger partial charge is 0.466 e. The van der Waals surface area contributed by atoms with Gasteiger partial charge in [0.1, 0.15) is 5.75 Å². The van der Waals surface area contributed by atoms with Gasteiger partial charge >= 0.3 is 0 Å². The predicted molar refractivity (Wildman–Crippen MR) is 83.9 cm³/mol. The third-order valence-corrected chi connectivity index (χ3v) is 3.59. The zero-order valence-corrected chi connectivity index (χ0v) is 12.3. The van der Waals surface area contributed by atoms with Crippen LogP contribution in [0.1, 0.15) is 12.5 Å². The molecule has 0 saturated heterocycles. The van der Waals surface area contributed by atoms with Crippen molar-refractivity contribution in [2.75, 3.05) is 10.6 Å². The van der Waals surface area contributed by atoms with Crippen LogP contribution in [0.25, 0.3) is 0 Å². The molecule has 3 rings (SSSR count). The molecule has 23 heavy (non-hydrogen) atoms. The molecule has 2 aromatic carbocycles. The number of ether oxygens (including phenoxy) is 1. The monoisotopic (exact) mass is 307 g/mol. The van der Waals surface area contributed by atoms with E-state index in [0.717, 1.165) is 0 Å². The molecule has 0 fully saturated rings. The summed E-state index contributed by atoms with van der Waals surface area (Å²) in [5.74, 6) is -0.693. The molecule has 0 aromatic heterocycles. The standard InChI is InChI=1S/C17H13N3O3/c1-17(15(21)19-12-8-6-11(10-18)7-9-12)16(22)20-13-4-2-3-5-14(13)23-17/h2-9H,1H3,(H,19,21)(H,20,22).